The molecule has 4 heterocycles. The van der Waals surface area contributed by atoms with Crippen LogP contribution < -0.4 is 10.1 Å². The molecular formula is C24H23ClN5O3S+. The number of halogens is 1. The number of amides is 2. The molecule has 0 saturated carbocycles. The molecule has 174 valence electrons. The molecule has 0 spiro atoms. The van der Waals surface area contributed by atoms with Crippen molar-refractivity contribution in [3.63, 3.8) is 0 Å². The Morgan fingerprint density at radius 1 is 1.26 bits per heavy atom. The molecule has 2 amide bonds. The fourth-order valence-corrected chi connectivity index (χ4v) is 5.85. The fourth-order valence-electron chi connectivity index (χ4n) is 4.45. The molecule has 0 aliphatic carbocycles. The Labute approximate surface area is 205 Å². The molecule has 2 aliphatic rings. The normalized spacial score (nSPS) is 20.2. The Kier molecular flexibility index (Phi) is 6.18. The Bertz CT molecular complexity index is 1330. The molecule has 1 aromatic carbocycles. The van der Waals surface area contributed by atoms with Gasteiger partial charge >= 0.3 is 0 Å². The van der Waals surface area contributed by atoms with Crippen LogP contribution in [0.3, 0.4) is 0 Å². The van der Waals surface area contributed by atoms with Gasteiger partial charge in [0.2, 0.25) is 11.8 Å². The number of carbonyl (C=O) groups excluding carboxylic acids is 2. The van der Waals surface area contributed by atoms with Crippen molar-refractivity contribution in [2.45, 2.75) is 38.5 Å². The van der Waals surface area contributed by atoms with Crippen LogP contribution in [0.1, 0.15) is 23.3 Å². The number of nitrogens with one attached hydrogen (secondary N) is 1. The number of nitrogens with zero attached hydrogens (tertiary/aromatic N) is 4. The van der Waals surface area contributed by atoms with E-state index in [0.29, 0.717) is 18.1 Å². The summed E-state index contributed by atoms with van der Waals surface area (Å²) in [6, 6.07) is 7.52. The largest absolute Gasteiger partial charge is 0.486 e. The minimum absolute atomic E-state index is 0.123. The summed E-state index contributed by atoms with van der Waals surface area (Å²) < 4.78 is 7.43. The summed E-state index contributed by atoms with van der Waals surface area (Å²) in [5, 5.41) is 8.09. The van der Waals surface area contributed by atoms with Gasteiger partial charge in [-0.2, -0.15) is 0 Å². The number of likely N-dealkylation sites (tertiary alicyclic amines) is 1. The summed E-state index contributed by atoms with van der Waals surface area (Å²) in [4.78, 5) is 34.6. The molecule has 1 N–H and O–H groups in total. The summed E-state index contributed by atoms with van der Waals surface area (Å²) in [5.41, 5.74) is 3.50. The maximum atomic E-state index is 12.1. The predicted octanol–water partition coefficient (Wildman–Crippen LogP) is 3.65. The summed E-state index contributed by atoms with van der Waals surface area (Å²) >= 11 is 7.99. The van der Waals surface area contributed by atoms with Crippen LogP contribution in [0.5, 0.6) is 5.75 Å². The number of hydrogen-bond donors (Lipinski definition) is 1. The predicted molar refractivity (Wildman–Crippen MR) is 130 cm³/mol. The highest BCUT2D eigenvalue weighted by Gasteiger charge is 2.34. The third-order valence-electron chi connectivity index (χ3n) is 6.09. The van der Waals surface area contributed by atoms with Gasteiger partial charge < -0.3 is 10.1 Å². The molecular weight excluding hydrogens is 474 g/mol. The summed E-state index contributed by atoms with van der Waals surface area (Å²) in [6.07, 6.45) is 2.12. The fraction of sp³-hybridized carbons (Fsp3) is 0.333. The second-order valence-corrected chi connectivity index (χ2v) is 9.97. The quantitative estimate of drug-likeness (QED) is 0.243. The number of benzene rings is 1. The first-order valence-corrected chi connectivity index (χ1v) is 12.2. The molecule has 3 aromatic rings. The number of fused-ring (bicyclic) bond motifs is 1. The van der Waals surface area contributed by atoms with Gasteiger partial charge in [-0.15, -0.1) is 11.3 Å². The summed E-state index contributed by atoms with van der Waals surface area (Å²) in [6.45, 7) is 7.03. The number of aryl methyl sites for hydroxylation is 1. The lowest BCUT2D eigenvalue weighted by molar-refractivity contribution is -0.139. The Morgan fingerprint density at radius 3 is 2.82 bits per heavy atom. The minimum atomic E-state index is -0.187. The van der Waals surface area contributed by atoms with Crippen LogP contribution in [0, 0.1) is 6.92 Å². The van der Waals surface area contributed by atoms with Crippen molar-refractivity contribution in [3.05, 3.63) is 45.9 Å². The Hall–Kier alpha value is -3.10. The molecule has 0 unspecified atom stereocenters. The third kappa shape index (κ3) is 4.23. The lowest BCUT2D eigenvalue weighted by Crippen LogP contribution is -2.29. The average Bonchev–Trinajstić information content (AvgIpc) is 3.51. The lowest BCUT2D eigenvalue weighted by Gasteiger charge is -2.20. The van der Waals surface area contributed by atoms with Gasteiger partial charge in [-0.05, 0) is 36.8 Å². The second-order valence-electron chi connectivity index (χ2n) is 8.40. The second kappa shape index (κ2) is 9.27. The average molecular weight is 497 g/mol. The van der Waals surface area contributed by atoms with E-state index in [2.05, 4.69) is 26.9 Å². The highest BCUT2D eigenvalue weighted by atomic mass is 35.5. The zero-order chi connectivity index (χ0) is 23.8. The number of pyridine rings is 1. The maximum Gasteiger partial charge on any atom is 0.295 e. The van der Waals surface area contributed by atoms with Crippen LogP contribution in [0.25, 0.3) is 21.3 Å². The monoisotopic (exact) mass is 496 g/mol. The maximum absolute atomic E-state index is 12.1. The number of aromatic nitrogens is 1. The van der Waals surface area contributed by atoms with E-state index in [1.54, 1.807) is 6.20 Å². The number of rotatable bonds is 6. The Morgan fingerprint density at radius 2 is 2.06 bits per heavy atom. The van der Waals surface area contributed by atoms with E-state index < -0.39 is 0 Å². The topological polar surface area (TPSA) is 98.0 Å². The zero-order valence-corrected chi connectivity index (χ0v) is 20.2. The number of hydrogen-bond acceptors (Lipinski definition) is 7. The van der Waals surface area contributed by atoms with E-state index in [1.165, 1.54) is 16.2 Å². The molecule has 2 atom stereocenters. The molecule has 2 fully saturated rings. The van der Waals surface area contributed by atoms with Crippen LogP contribution in [0.2, 0.25) is 5.02 Å². The van der Waals surface area contributed by atoms with Gasteiger partial charge in [-0.3, -0.25) is 19.5 Å². The van der Waals surface area contributed by atoms with Crippen LogP contribution in [0.15, 0.2) is 35.6 Å². The van der Waals surface area contributed by atoms with Gasteiger partial charge in [0.15, 0.2) is 6.04 Å². The van der Waals surface area contributed by atoms with Crippen molar-refractivity contribution in [3.8, 4) is 16.9 Å². The zero-order valence-electron chi connectivity index (χ0n) is 18.6. The van der Waals surface area contributed by atoms with Crippen LogP contribution in [-0.2, 0) is 16.1 Å². The SMILES string of the molecule is C=[N+]=N[C@H]1CNC[C@H]1Oc1c(C)cc(Cl)cc1-c1ccnc2cc(CN3C(=O)CCC3=O)sc12. The summed E-state index contributed by atoms with van der Waals surface area (Å²) in [5.74, 6) is 0.474. The first-order chi connectivity index (χ1) is 16.4. The molecule has 5 rings (SSSR count). The van der Waals surface area contributed by atoms with E-state index in [9.17, 15) is 9.59 Å². The van der Waals surface area contributed by atoms with Gasteiger partial charge in [-0.1, -0.05) is 11.6 Å². The van der Waals surface area contributed by atoms with Crippen LogP contribution >= 0.6 is 22.9 Å². The smallest absolute Gasteiger partial charge is 0.295 e. The van der Waals surface area contributed by atoms with E-state index in [0.717, 1.165) is 37.5 Å². The van der Waals surface area contributed by atoms with Crippen molar-refractivity contribution in [2.24, 2.45) is 5.11 Å². The van der Waals surface area contributed by atoms with Crippen molar-refractivity contribution in [1.29, 1.82) is 0 Å². The first kappa shape index (κ1) is 22.7. The Balaban J connectivity index is 1.55. The highest BCUT2D eigenvalue weighted by Crippen LogP contribution is 2.42. The molecule has 10 heteroatoms. The van der Waals surface area contributed by atoms with Crippen molar-refractivity contribution in [1.82, 2.24) is 15.2 Å². The third-order valence-corrected chi connectivity index (χ3v) is 7.45. The van der Waals surface area contributed by atoms with Gasteiger partial charge in [-0.25, -0.2) is 0 Å². The lowest BCUT2D eigenvalue weighted by atomic mass is 10.0. The van der Waals surface area contributed by atoms with Crippen molar-refractivity contribution >= 4 is 51.7 Å². The van der Waals surface area contributed by atoms with E-state index in [4.69, 9.17) is 16.3 Å². The van der Waals surface area contributed by atoms with Gasteiger partial charge in [0, 0.05) is 57.9 Å². The molecule has 2 saturated heterocycles. The molecule has 0 bridgehead atoms. The minimum Gasteiger partial charge on any atom is -0.486 e. The molecule has 2 aliphatic heterocycles. The van der Waals surface area contributed by atoms with Gasteiger partial charge in [0.05, 0.1) is 21.9 Å². The van der Waals surface area contributed by atoms with E-state index in [1.807, 2.05) is 31.2 Å². The molecule has 2 aromatic heterocycles. The molecule has 34 heavy (non-hydrogen) atoms. The van der Waals surface area contributed by atoms with Gasteiger partial charge in [0.25, 0.3) is 6.72 Å². The number of thiophene rings is 1. The van der Waals surface area contributed by atoms with Crippen LogP contribution in [-0.4, -0.2) is 58.4 Å². The number of ether oxygens (including phenoxy) is 1. The highest BCUT2D eigenvalue weighted by molar-refractivity contribution is 7.19. The molecule has 0 radical (unpaired) electrons. The summed E-state index contributed by atoms with van der Waals surface area (Å²) in [7, 11) is 0. The van der Waals surface area contributed by atoms with E-state index in [-0.39, 0.29) is 43.3 Å². The van der Waals surface area contributed by atoms with Crippen molar-refractivity contribution in [2.75, 3.05) is 13.1 Å². The van der Waals surface area contributed by atoms with Crippen LogP contribution in [0.4, 0.5) is 0 Å². The number of carbonyl (C=O) groups is 2. The van der Waals surface area contributed by atoms with Crippen molar-refractivity contribution < 1.29 is 19.1 Å². The van der Waals surface area contributed by atoms with Gasteiger partial charge in [0.1, 0.15) is 11.9 Å². The molecule has 8 nitrogen and oxygen atoms in total. The number of imide groups is 1. The first-order valence-electron chi connectivity index (χ1n) is 11.0. The van der Waals surface area contributed by atoms with E-state index >= 15 is 0 Å². The standard InChI is InChI=1S/C24H23ClN5O3S/c1-13-7-14(25)8-17(23(13)33-20-11-27-10-19(20)29-26-2)16-5-6-28-18-9-15(34-24(16)18)12-30-21(31)3-4-22(30)32/h5-9,19-20,27H,2-4,10-12H2,1H3/q+1/t19-,20+/m0/s1.